The number of carbonyl (C=O) groups is 1. The van der Waals surface area contributed by atoms with Crippen LogP contribution in [0.2, 0.25) is 5.02 Å². The lowest BCUT2D eigenvalue weighted by Crippen LogP contribution is -2.28. The van der Waals surface area contributed by atoms with Crippen molar-refractivity contribution in [3.63, 3.8) is 0 Å². The molecule has 0 aliphatic rings. The molecule has 0 aliphatic heterocycles. The van der Waals surface area contributed by atoms with Crippen LogP contribution in [0.4, 0.5) is 0 Å². The van der Waals surface area contributed by atoms with E-state index in [1.807, 2.05) is 13.8 Å². The van der Waals surface area contributed by atoms with Gasteiger partial charge in [-0.15, -0.1) is 0 Å². The fourth-order valence-electron chi connectivity index (χ4n) is 1.63. The van der Waals surface area contributed by atoms with Gasteiger partial charge in [-0.05, 0) is 29.7 Å². The molecule has 1 atom stereocenters. The van der Waals surface area contributed by atoms with Crippen LogP contribution in [0.1, 0.15) is 19.4 Å². The predicted molar refractivity (Wildman–Crippen MR) is 73.9 cm³/mol. The van der Waals surface area contributed by atoms with Crippen LogP contribution in [0.25, 0.3) is 0 Å². The SMILES string of the molecule is COc1ccc(Cl)cc1C[C@@H](OCC(C)C)C(=O)O. The molecular weight excluding hydrogens is 268 g/mol. The Morgan fingerprint density at radius 3 is 2.63 bits per heavy atom. The number of aliphatic carboxylic acids is 1. The predicted octanol–water partition coefficient (Wildman–Crippen LogP) is 3.02. The number of hydrogen-bond donors (Lipinski definition) is 1. The van der Waals surface area contributed by atoms with E-state index in [4.69, 9.17) is 21.1 Å². The second-order valence-electron chi connectivity index (χ2n) is 4.71. The van der Waals surface area contributed by atoms with Gasteiger partial charge in [0.25, 0.3) is 0 Å². The number of halogens is 1. The molecule has 0 aliphatic carbocycles. The number of carboxylic acid groups (broad SMARTS) is 1. The van der Waals surface area contributed by atoms with Crippen LogP contribution in [0.3, 0.4) is 0 Å². The fraction of sp³-hybridized carbons (Fsp3) is 0.500. The Bertz CT molecular complexity index is 431. The lowest BCUT2D eigenvalue weighted by atomic mass is 10.1. The van der Waals surface area contributed by atoms with Crippen LogP contribution < -0.4 is 4.74 Å². The molecule has 1 aromatic carbocycles. The number of ether oxygens (including phenoxy) is 2. The van der Waals surface area contributed by atoms with Crippen LogP contribution in [0, 0.1) is 5.92 Å². The first kappa shape index (κ1) is 15.8. The molecular formula is C14H19ClO4. The third kappa shape index (κ3) is 5.09. The van der Waals surface area contributed by atoms with Crippen molar-refractivity contribution in [1.29, 1.82) is 0 Å². The summed E-state index contributed by atoms with van der Waals surface area (Å²) in [5.74, 6) is -0.0883. The number of benzene rings is 1. The number of hydrogen-bond acceptors (Lipinski definition) is 3. The molecule has 19 heavy (non-hydrogen) atoms. The van der Waals surface area contributed by atoms with E-state index in [-0.39, 0.29) is 12.3 Å². The van der Waals surface area contributed by atoms with Crippen molar-refractivity contribution in [1.82, 2.24) is 0 Å². The number of rotatable bonds is 7. The monoisotopic (exact) mass is 286 g/mol. The Balaban J connectivity index is 2.83. The van der Waals surface area contributed by atoms with Crippen molar-refractivity contribution in [3.8, 4) is 5.75 Å². The highest BCUT2D eigenvalue weighted by Crippen LogP contribution is 2.24. The van der Waals surface area contributed by atoms with Crippen molar-refractivity contribution in [3.05, 3.63) is 28.8 Å². The van der Waals surface area contributed by atoms with Crippen LogP contribution in [0.5, 0.6) is 5.75 Å². The van der Waals surface area contributed by atoms with Gasteiger partial charge in [0, 0.05) is 11.4 Å². The average molecular weight is 287 g/mol. The van der Waals surface area contributed by atoms with Gasteiger partial charge >= 0.3 is 5.97 Å². The lowest BCUT2D eigenvalue weighted by molar-refractivity contribution is -0.150. The summed E-state index contributed by atoms with van der Waals surface area (Å²) in [4.78, 5) is 11.2. The molecule has 0 saturated heterocycles. The molecule has 5 heteroatoms. The Hall–Kier alpha value is -1.26. The Labute approximate surface area is 118 Å². The van der Waals surface area contributed by atoms with Crippen LogP contribution >= 0.6 is 11.6 Å². The minimum Gasteiger partial charge on any atom is -0.496 e. The van der Waals surface area contributed by atoms with Gasteiger partial charge < -0.3 is 14.6 Å². The molecule has 0 fully saturated rings. The van der Waals surface area contributed by atoms with E-state index in [0.29, 0.717) is 17.4 Å². The molecule has 0 saturated carbocycles. The van der Waals surface area contributed by atoms with E-state index >= 15 is 0 Å². The van der Waals surface area contributed by atoms with Gasteiger partial charge in [0.05, 0.1) is 13.7 Å². The summed E-state index contributed by atoms with van der Waals surface area (Å²) in [5, 5.41) is 9.73. The van der Waals surface area contributed by atoms with Gasteiger partial charge in [0.1, 0.15) is 5.75 Å². The quantitative estimate of drug-likeness (QED) is 0.837. The van der Waals surface area contributed by atoms with E-state index in [1.165, 1.54) is 7.11 Å². The smallest absolute Gasteiger partial charge is 0.333 e. The summed E-state index contributed by atoms with van der Waals surface area (Å²) in [6.07, 6.45) is -0.666. The first-order chi connectivity index (χ1) is 8.93. The average Bonchev–Trinajstić information content (AvgIpc) is 2.34. The first-order valence-electron chi connectivity index (χ1n) is 6.10. The molecule has 1 rings (SSSR count). The summed E-state index contributed by atoms with van der Waals surface area (Å²) in [5.41, 5.74) is 0.728. The Kier molecular flexibility index (Phi) is 6.12. The van der Waals surface area contributed by atoms with Crippen molar-refractivity contribution < 1.29 is 19.4 Å². The highest BCUT2D eigenvalue weighted by Gasteiger charge is 2.21. The van der Waals surface area contributed by atoms with E-state index in [1.54, 1.807) is 18.2 Å². The molecule has 4 nitrogen and oxygen atoms in total. The maximum Gasteiger partial charge on any atom is 0.333 e. The molecule has 0 heterocycles. The molecule has 0 amide bonds. The van der Waals surface area contributed by atoms with Gasteiger partial charge in [0.15, 0.2) is 6.10 Å². The van der Waals surface area contributed by atoms with Crippen molar-refractivity contribution >= 4 is 17.6 Å². The molecule has 0 spiro atoms. The topological polar surface area (TPSA) is 55.8 Å². The van der Waals surface area contributed by atoms with Gasteiger partial charge in [-0.3, -0.25) is 0 Å². The summed E-state index contributed by atoms with van der Waals surface area (Å²) in [7, 11) is 1.54. The largest absolute Gasteiger partial charge is 0.496 e. The summed E-state index contributed by atoms with van der Waals surface area (Å²) < 4.78 is 10.6. The van der Waals surface area contributed by atoms with Crippen molar-refractivity contribution in [2.75, 3.05) is 13.7 Å². The summed E-state index contributed by atoms with van der Waals surface area (Å²) in [6.45, 7) is 4.34. The zero-order valence-electron chi connectivity index (χ0n) is 11.4. The summed E-state index contributed by atoms with van der Waals surface area (Å²) in [6, 6.07) is 5.13. The normalized spacial score (nSPS) is 12.5. The molecule has 1 N–H and O–H groups in total. The standard InChI is InChI=1S/C14H19ClO4/c1-9(2)8-19-13(14(16)17)7-10-6-11(15)4-5-12(10)18-3/h4-6,9,13H,7-8H2,1-3H3,(H,16,17)/t13-/m1/s1. The van der Waals surface area contributed by atoms with Gasteiger partial charge in [0.2, 0.25) is 0 Å². The first-order valence-corrected chi connectivity index (χ1v) is 6.48. The minimum absolute atomic E-state index is 0.228. The highest BCUT2D eigenvalue weighted by atomic mass is 35.5. The minimum atomic E-state index is -0.984. The molecule has 0 aromatic heterocycles. The maximum atomic E-state index is 11.2. The number of methoxy groups -OCH3 is 1. The fourth-order valence-corrected chi connectivity index (χ4v) is 1.83. The third-order valence-corrected chi connectivity index (χ3v) is 2.79. The Morgan fingerprint density at radius 2 is 2.11 bits per heavy atom. The lowest BCUT2D eigenvalue weighted by Gasteiger charge is -2.17. The Morgan fingerprint density at radius 1 is 1.42 bits per heavy atom. The zero-order chi connectivity index (χ0) is 14.4. The van der Waals surface area contributed by atoms with Gasteiger partial charge in [-0.25, -0.2) is 4.79 Å². The van der Waals surface area contributed by atoms with Gasteiger partial charge in [-0.2, -0.15) is 0 Å². The molecule has 0 radical (unpaired) electrons. The summed E-state index contributed by atoms with van der Waals surface area (Å²) >= 11 is 5.92. The van der Waals surface area contributed by atoms with Crippen LogP contribution in [-0.2, 0) is 16.0 Å². The van der Waals surface area contributed by atoms with Crippen LogP contribution in [-0.4, -0.2) is 30.9 Å². The molecule has 106 valence electrons. The van der Waals surface area contributed by atoms with Crippen molar-refractivity contribution in [2.24, 2.45) is 5.92 Å². The second kappa shape index (κ2) is 7.36. The van der Waals surface area contributed by atoms with E-state index in [2.05, 4.69) is 0 Å². The third-order valence-electron chi connectivity index (χ3n) is 2.55. The van der Waals surface area contributed by atoms with Gasteiger partial charge in [-0.1, -0.05) is 25.4 Å². The van der Waals surface area contributed by atoms with E-state index in [9.17, 15) is 9.90 Å². The zero-order valence-corrected chi connectivity index (χ0v) is 12.1. The number of carboxylic acids is 1. The van der Waals surface area contributed by atoms with Crippen molar-refractivity contribution in [2.45, 2.75) is 26.4 Å². The second-order valence-corrected chi connectivity index (χ2v) is 5.15. The molecule has 1 aromatic rings. The van der Waals surface area contributed by atoms with E-state index < -0.39 is 12.1 Å². The molecule has 0 unspecified atom stereocenters. The maximum absolute atomic E-state index is 11.2. The van der Waals surface area contributed by atoms with Crippen LogP contribution in [0.15, 0.2) is 18.2 Å². The highest BCUT2D eigenvalue weighted by molar-refractivity contribution is 6.30. The van der Waals surface area contributed by atoms with E-state index in [0.717, 1.165) is 5.56 Å². The molecule has 0 bridgehead atoms.